The van der Waals surface area contributed by atoms with Gasteiger partial charge in [0.05, 0.1) is 12.2 Å². The van der Waals surface area contributed by atoms with E-state index in [1.54, 1.807) is 0 Å². The largest absolute Gasteiger partial charge is 0.357 e. The van der Waals surface area contributed by atoms with E-state index in [2.05, 4.69) is 52.0 Å². The highest BCUT2D eigenvalue weighted by Crippen LogP contribution is 2.13. The molecular formula is C16H25BrIN5. The fourth-order valence-corrected chi connectivity index (χ4v) is 2.57. The summed E-state index contributed by atoms with van der Waals surface area (Å²) in [6.07, 6.45) is 6.39. The van der Waals surface area contributed by atoms with Gasteiger partial charge in [-0.15, -0.1) is 24.0 Å². The molecule has 0 atom stereocenters. The Labute approximate surface area is 163 Å². The minimum atomic E-state index is 0. The average molecular weight is 494 g/mol. The fraction of sp³-hybridized carbons (Fsp3) is 0.500. The van der Waals surface area contributed by atoms with Crippen molar-refractivity contribution in [1.82, 2.24) is 19.6 Å². The number of hydrogen-bond acceptors (Lipinski definition) is 2. The molecule has 2 aromatic rings. The lowest BCUT2D eigenvalue weighted by Gasteiger charge is -2.21. The molecule has 0 radical (unpaired) electrons. The van der Waals surface area contributed by atoms with Crippen LogP contribution in [0.1, 0.15) is 32.4 Å². The van der Waals surface area contributed by atoms with Gasteiger partial charge in [-0.3, -0.25) is 0 Å². The molecule has 0 aliphatic rings. The van der Waals surface area contributed by atoms with E-state index in [0.29, 0.717) is 6.54 Å². The van der Waals surface area contributed by atoms with E-state index in [4.69, 9.17) is 4.99 Å². The van der Waals surface area contributed by atoms with Gasteiger partial charge < -0.3 is 14.6 Å². The number of rotatable bonds is 6. The molecule has 2 rings (SSSR count). The molecule has 23 heavy (non-hydrogen) atoms. The molecule has 1 N–H and O–H groups in total. The highest BCUT2D eigenvalue weighted by atomic mass is 127. The van der Waals surface area contributed by atoms with Crippen LogP contribution in [0.4, 0.5) is 0 Å². The normalized spacial score (nSPS) is 11.4. The smallest absolute Gasteiger partial charge is 0.194 e. The second-order valence-corrected chi connectivity index (χ2v) is 6.21. The summed E-state index contributed by atoms with van der Waals surface area (Å²) in [5.41, 5.74) is 1.91. The summed E-state index contributed by atoms with van der Waals surface area (Å²) in [6.45, 7) is 6.75. The lowest BCUT2D eigenvalue weighted by molar-refractivity contribution is 0.464. The summed E-state index contributed by atoms with van der Waals surface area (Å²) in [6, 6.07) is 3.99. The number of aliphatic imine (C=N–C) groups is 1. The zero-order valence-corrected chi connectivity index (χ0v) is 17.8. The van der Waals surface area contributed by atoms with Crippen LogP contribution in [0.5, 0.6) is 0 Å². The Hall–Kier alpha value is -0.830. The maximum Gasteiger partial charge on any atom is 0.194 e. The number of halogens is 2. The molecule has 0 aliphatic heterocycles. The topological polar surface area (TPSA) is 44.9 Å². The van der Waals surface area contributed by atoms with Gasteiger partial charge in [0.1, 0.15) is 5.65 Å². The summed E-state index contributed by atoms with van der Waals surface area (Å²) in [5, 5.41) is 3.34. The van der Waals surface area contributed by atoms with E-state index < -0.39 is 0 Å². The standard InChI is InChI=1S/C16H24BrN5.HI/c1-4-6-9-21(3)16(18-5-2)19-10-14-12-22-11-13(17)7-8-15(22)20-14;/h7-8,11-12H,4-6,9-10H2,1-3H3,(H,18,19);1H. The molecule has 0 aliphatic carbocycles. The van der Waals surface area contributed by atoms with Crippen molar-refractivity contribution in [2.75, 3.05) is 20.1 Å². The van der Waals surface area contributed by atoms with E-state index in [1.807, 2.05) is 28.9 Å². The Morgan fingerprint density at radius 3 is 2.83 bits per heavy atom. The molecule has 0 amide bonds. The molecule has 0 spiro atoms. The van der Waals surface area contributed by atoms with Gasteiger partial charge in [0.15, 0.2) is 5.96 Å². The third-order valence-corrected chi connectivity index (χ3v) is 3.87. The van der Waals surface area contributed by atoms with Crippen LogP contribution in [0, 0.1) is 0 Å². The number of imidazole rings is 1. The highest BCUT2D eigenvalue weighted by molar-refractivity contribution is 14.0. The number of pyridine rings is 1. The lowest BCUT2D eigenvalue weighted by Crippen LogP contribution is -2.39. The van der Waals surface area contributed by atoms with Gasteiger partial charge in [-0.1, -0.05) is 13.3 Å². The van der Waals surface area contributed by atoms with Crippen molar-refractivity contribution in [3.63, 3.8) is 0 Å². The molecule has 2 heterocycles. The summed E-state index contributed by atoms with van der Waals surface area (Å²) in [4.78, 5) is 11.5. The van der Waals surface area contributed by atoms with Crippen LogP contribution >= 0.6 is 39.9 Å². The SMILES string of the molecule is CCCCN(C)C(=NCc1cn2cc(Br)ccc2n1)NCC.I. The summed E-state index contributed by atoms with van der Waals surface area (Å²) in [7, 11) is 2.08. The third kappa shape index (κ3) is 5.95. The van der Waals surface area contributed by atoms with E-state index in [-0.39, 0.29) is 24.0 Å². The second kappa shape index (κ2) is 10.1. The van der Waals surface area contributed by atoms with Crippen LogP contribution in [-0.2, 0) is 6.54 Å². The van der Waals surface area contributed by atoms with Crippen molar-refractivity contribution in [2.24, 2.45) is 4.99 Å². The molecule has 0 fully saturated rings. The van der Waals surface area contributed by atoms with Crippen molar-refractivity contribution < 1.29 is 0 Å². The number of unbranched alkanes of at least 4 members (excludes halogenated alkanes) is 1. The Morgan fingerprint density at radius 1 is 1.35 bits per heavy atom. The first-order valence-electron chi connectivity index (χ1n) is 7.76. The average Bonchev–Trinajstić information content (AvgIpc) is 2.90. The van der Waals surface area contributed by atoms with Gasteiger partial charge in [0.2, 0.25) is 0 Å². The van der Waals surface area contributed by atoms with E-state index >= 15 is 0 Å². The van der Waals surface area contributed by atoms with E-state index in [9.17, 15) is 0 Å². The molecule has 2 aromatic heterocycles. The Kier molecular flexibility index (Phi) is 8.90. The lowest BCUT2D eigenvalue weighted by atomic mass is 10.3. The van der Waals surface area contributed by atoms with E-state index in [0.717, 1.165) is 34.9 Å². The molecule has 5 nitrogen and oxygen atoms in total. The van der Waals surface area contributed by atoms with Crippen molar-refractivity contribution in [1.29, 1.82) is 0 Å². The van der Waals surface area contributed by atoms with Gasteiger partial charge >= 0.3 is 0 Å². The fourth-order valence-electron chi connectivity index (χ4n) is 2.22. The summed E-state index contributed by atoms with van der Waals surface area (Å²) in [5.74, 6) is 0.939. The highest BCUT2D eigenvalue weighted by Gasteiger charge is 2.06. The number of nitrogens with one attached hydrogen (secondary N) is 1. The number of guanidine groups is 1. The number of aromatic nitrogens is 2. The quantitative estimate of drug-likeness (QED) is 0.377. The first kappa shape index (κ1) is 20.2. The molecular weight excluding hydrogens is 469 g/mol. The second-order valence-electron chi connectivity index (χ2n) is 5.29. The monoisotopic (exact) mass is 493 g/mol. The van der Waals surface area contributed by atoms with E-state index in [1.165, 1.54) is 12.8 Å². The van der Waals surface area contributed by atoms with Crippen molar-refractivity contribution >= 4 is 51.5 Å². The van der Waals surface area contributed by atoms with Crippen LogP contribution in [0.15, 0.2) is 34.0 Å². The maximum atomic E-state index is 4.70. The summed E-state index contributed by atoms with van der Waals surface area (Å²) >= 11 is 3.47. The first-order valence-corrected chi connectivity index (χ1v) is 8.56. The van der Waals surface area contributed by atoms with Gasteiger partial charge in [-0.05, 0) is 41.4 Å². The Bertz CT molecular complexity index is 640. The number of nitrogens with zero attached hydrogens (tertiary/aromatic N) is 4. The predicted molar refractivity (Wildman–Crippen MR) is 111 cm³/mol. The maximum absolute atomic E-state index is 4.70. The third-order valence-electron chi connectivity index (χ3n) is 3.40. The molecule has 128 valence electrons. The molecule has 0 bridgehead atoms. The van der Waals surface area contributed by atoms with Crippen LogP contribution in [0.3, 0.4) is 0 Å². The van der Waals surface area contributed by atoms with Gasteiger partial charge in [-0.25, -0.2) is 9.98 Å². The van der Waals surface area contributed by atoms with Crippen LogP contribution < -0.4 is 5.32 Å². The van der Waals surface area contributed by atoms with Crippen molar-refractivity contribution in [3.8, 4) is 0 Å². The molecule has 0 unspecified atom stereocenters. The van der Waals surface area contributed by atoms with Gasteiger partial charge in [0.25, 0.3) is 0 Å². The number of fused-ring (bicyclic) bond motifs is 1. The minimum Gasteiger partial charge on any atom is -0.357 e. The summed E-state index contributed by atoms with van der Waals surface area (Å²) < 4.78 is 3.06. The van der Waals surface area contributed by atoms with Crippen LogP contribution in [-0.4, -0.2) is 40.4 Å². The molecule has 7 heteroatoms. The minimum absolute atomic E-state index is 0. The zero-order chi connectivity index (χ0) is 15.9. The Balaban J connectivity index is 0.00000264. The molecule has 0 saturated heterocycles. The first-order chi connectivity index (χ1) is 10.6. The number of hydrogen-bond donors (Lipinski definition) is 1. The van der Waals surface area contributed by atoms with Crippen molar-refractivity contribution in [3.05, 3.63) is 34.7 Å². The van der Waals surface area contributed by atoms with Gasteiger partial charge in [0, 0.05) is 37.0 Å². The van der Waals surface area contributed by atoms with Crippen LogP contribution in [0.2, 0.25) is 0 Å². The van der Waals surface area contributed by atoms with Crippen molar-refractivity contribution in [2.45, 2.75) is 33.2 Å². The van der Waals surface area contributed by atoms with Gasteiger partial charge in [-0.2, -0.15) is 0 Å². The predicted octanol–water partition coefficient (Wildman–Crippen LogP) is 3.91. The Morgan fingerprint density at radius 2 is 2.13 bits per heavy atom. The van der Waals surface area contributed by atoms with Crippen LogP contribution in [0.25, 0.3) is 5.65 Å². The zero-order valence-electron chi connectivity index (χ0n) is 13.9. The molecule has 0 saturated carbocycles. The molecule has 0 aromatic carbocycles.